The molecule has 3 amide bonds. The largest absolute Gasteiger partial charge is 0.372 e. The average Bonchev–Trinajstić information content (AvgIpc) is 2.61. The Balaban J connectivity index is 1.76. The molecular formula is C19H30N4O2. The smallest absolute Gasteiger partial charge is 0.321 e. The Bertz CT molecular complexity index is 553. The molecule has 0 unspecified atom stereocenters. The molecule has 1 heterocycles. The van der Waals surface area contributed by atoms with E-state index >= 15 is 0 Å². The number of nitrogens with zero attached hydrogens (tertiary/aromatic N) is 2. The Morgan fingerprint density at radius 2 is 1.80 bits per heavy atom. The molecule has 2 N–H and O–H groups in total. The second-order valence-electron chi connectivity index (χ2n) is 6.69. The molecule has 25 heavy (non-hydrogen) atoms. The summed E-state index contributed by atoms with van der Waals surface area (Å²) in [7, 11) is 1.88. The highest BCUT2D eigenvalue weighted by molar-refractivity contribution is 5.95. The first-order valence-corrected chi connectivity index (χ1v) is 9.18. The summed E-state index contributed by atoms with van der Waals surface area (Å²) in [5.41, 5.74) is 2.43. The van der Waals surface area contributed by atoms with E-state index in [2.05, 4.69) is 39.8 Å². The van der Waals surface area contributed by atoms with E-state index in [0.29, 0.717) is 13.1 Å². The zero-order valence-electron chi connectivity index (χ0n) is 15.4. The Kier molecular flexibility index (Phi) is 7.73. The molecule has 1 aromatic carbocycles. The number of imide groups is 1. The van der Waals surface area contributed by atoms with Crippen LogP contribution in [0.4, 0.5) is 10.5 Å². The summed E-state index contributed by atoms with van der Waals surface area (Å²) in [5.74, 6) is -0.291. The maximum atomic E-state index is 11.9. The molecule has 2 rings (SSSR count). The maximum Gasteiger partial charge on any atom is 0.321 e. The number of carbonyl (C=O) groups excluding carboxylic acids is 2. The summed E-state index contributed by atoms with van der Waals surface area (Å²) in [5, 5.41) is 4.98. The van der Waals surface area contributed by atoms with Crippen molar-refractivity contribution < 1.29 is 9.59 Å². The summed E-state index contributed by atoms with van der Waals surface area (Å²) in [6, 6.07) is 8.13. The summed E-state index contributed by atoms with van der Waals surface area (Å²) < 4.78 is 0. The van der Waals surface area contributed by atoms with Crippen molar-refractivity contribution in [3.8, 4) is 0 Å². The molecule has 0 atom stereocenters. The van der Waals surface area contributed by atoms with Crippen molar-refractivity contribution in [2.45, 2.75) is 39.2 Å². The van der Waals surface area contributed by atoms with Crippen molar-refractivity contribution in [2.24, 2.45) is 0 Å². The quantitative estimate of drug-likeness (QED) is 0.795. The maximum absolute atomic E-state index is 11.9. The van der Waals surface area contributed by atoms with Gasteiger partial charge in [-0.05, 0) is 50.4 Å². The van der Waals surface area contributed by atoms with Gasteiger partial charge in [-0.15, -0.1) is 0 Å². The number of nitrogens with one attached hydrogen (secondary N) is 2. The number of anilines is 1. The van der Waals surface area contributed by atoms with Crippen molar-refractivity contribution >= 4 is 17.6 Å². The molecule has 1 fully saturated rings. The third-order valence-electron chi connectivity index (χ3n) is 4.31. The van der Waals surface area contributed by atoms with Crippen LogP contribution in [0, 0.1) is 0 Å². The number of urea groups is 1. The van der Waals surface area contributed by atoms with Crippen LogP contribution in [0.5, 0.6) is 0 Å². The van der Waals surface area contributed by atoms with Gasteiger partial charge in [-0.1, -0.05) is 19.1 Å². The molecule has 6 heteroatoms. The van der Waals surface area contributed by atoms with Crippen LogP contribution in [-0.4, -0.2) is 50.1 Å². The summed E-state index contributed by atoms with van der Waals surface area (Å²) in [4.78, 5) is 27.7. The number of hydrogen-bond donors (Lipinski definition) is 2. The zero-order chi connectivity index (χ0) is 18.1. The van der Waals surface area contributed by atoms with Crippen LogP contribution in [-0.2, 0) is 11.3 Å². The van der Waals surface area contributed by atoms with Crippen molar-refractivity contribution in [2.75, 3.05) is 38.1 Å². The predicted molar refractivity (Wildman–Crippen MR) is 101 cm³/mol. The fourth-order valence-corrected chi connectivity index (χ4v) is 3.03. The first kappa shape index (κ1) is 19.2. The minimum Gasteiger partial charge on any atom is -0.372 e. The summed E-state index contributed by atoms with van der Waals surface area (Å²) >= 11 is 0. The van der Waals surface area contributed by atoms with E-state index < -0.39 is 6.03 Å². The summed E-state index contributed by atoms with van der Waals surface area (Å²) in [6.45, 7) is 5.67. The van der Waals surface area contributed by atoms with Gasteiger partial charge in [0.1, 0.15) is 0 Å². The molecule has 1 saturated heterocycles. The summed E-state index contributed by atoms with van der Waals surface area (Å²) in [6.07, 6.45) is 4.71. The van der Waals surface area contributed by atoms with Gasteiger partial charge in [-0.2, -0.15) is 0 Å². The van der Waals surface area contributed by atoms with Crippen LogP contribution >= 0.6 is 0 Å². The predicted octanol–water partition coefficient (Wildman–Crippen LogP) is 2.34. The molecule has 0 bridgehead atoms. The van der Waals surface area contributed by atoms with Crippen molar-refractivity contribution in [1.82, 2.24) is 15.5 Å². The second-order valence-corrected chi connectivity index (χ2v) is 6.69. The average molecular weight is 346 g/mol. The molecule has 138 valence electrons. The third-order valence-corrected chi connectivity index (χ3v) is 4.31. The van der Waals surface area contributed by atoms with Gasteiger partial charge in [-0.3, -0.25) is 15.0 Å². The Hall–Kier alpha value is -2.08. The second kappa shape index (κ2) is 10.0. The first-order chi connectivity index (χ1) is 12.1. The highest BCUT2D eigenvalue weighted by Crippen LogP contribution is 2.20. The number of amides is 3. The molecule has 1 aliphatic heterocycles. The minimum absolute atomic E-state index is 0.188. The van der Waals surface area contributed by atoms with Crippen LogP contribution in [0.15, 0.2) is 24.3 Å². The topological polar surface area (TPSA) is 64.7 Å². The fraction of sp³-hybridized carbons (Fsp3) is 0.579. The van der Waals surface area contributed by atoms with E-state index in [1.54, 1.807) is 0 Å². The van der Waals surface area contributed by atoms with Gasteiger partial charge in [0.15, 0.2) is 0 Å². The van der Waals surface area contributed by atoms with Crippen molar-refractivity contribution in [1.29, 1.82) is 0 Å². The van der Waals surface area contributed by atoms with Gasteiger partial charge in [-0.25, -0.2) is 4.79 Å². The Morgan fingerprint density at radius 1 is 1.12 bits per heavy atom. The Morgan fingerprint density at radius 3 is 2.44 bits per heavy atom. The molecule has 0 radical (unpaired) electrons. The van der Waals surface area contributed by atoms with E-state index in [-0.39, 0.29) is 12.5 Å². The van der Waals surface area contributed by atoms with Gasteiger partial charge < -0.3 is 10.2 Å². The Labute approximate surface area is 150 Å². The lowest BCUT2D eigenvalue weighted by Crippen LogP contribution is -2.43. The van der Waals surface area contributed by atoms with Crippen LogP contribution in [0.3, 0.4) is 0 Å². The number of likely N-dealkylation sites (N-methyl/N-ethyl adjacent to an activating group) is 1. The minimum atomic E-state index is -0.425. The van der Waals surface area contributed by atoms with Gasteiger partial charge >= 0.3 is 6.03 Å². The molecule has 6 nitrogen and oxygen atoms in total. The van der Waals surface area contributed by atoms with E-state index in [9.17, 15) is 9.59 Å². The van der Waals surface area contributed by atoms with Crippen LogP contribution in [0.1, 0.15) is 38.2 Å². The van der Waals surface area contributed by atoms with Gasteiger partial charge in [0.05, 0.1) is 6.54 Å². The van der Waals surface area contributed by atoms with Gasteiger partial charge in [0, 0.05) is 31.9 Å². The zero-order valence-corrected chi connectivity index (χ0v) is 15.4. The van der Waals surface area contributed by atoms with Gasteiger partial charge in [0.2, 0.25) is 5.91 Å². The molecule has 0 aliphatic carbocycles. The third kappa shape index (κ3) is 6.74. The highest BCUT2D eigenvalue weighted by atomic mass is 16.2. The molecule has 1 aromatic rings. The fourth-order valence-electron chi connectivity index (χ4n) is 3.03. The van der Waals surface area contributed by atoms with Crippen LogP contribution in [0.25, 0.3) is 0 Å². The van der Waals surface area contributed by atoms with E-state index in [4.69, 9.17) is 0 Å². The first-order valence-electron chi connectivity index (χ1n) is 9.18. The molecule has 1 aliphatic rings. The van der Waals surface area contributed by atoms with Crippen molar-refractivity contribution in [3.05, 3.63) is 29.8 Å². The SMILES string of the molecule is CCCNC(=O)NC(=O)CN(C)Cc1ccc(N2CCCCC2)cc1. The lowest BCUT2D eigenvalue weighted by atomic mass is 10.1. The monoisotopic (exact) mass is 346 g/mol. The number of rotatable bonds is 7. The van der Waals surface area contributed by atoms with Gasteiger partial charge in [0.25, 0.3) is 0 Å². The highest BCUT2D eigenvalue weighted by Gasteiger charge is 2.12. The molecule has 0 spiro atoms. The lowest BCUT2D eigenvalue weighted by molar-refractivity contribution is -0.120. The molecule has 0 aromatic heterocycles. The standard InChI is InChI=1S/C19H30N4O2/c1-3-11-20-19(25)21-18(24)15-22(2)14-16-7-9-17(10-8-16)23-12-5-4-6-13-23/h7-10H,3-6,11-15H2,1-2H3,(H2,20,21,24,25). The molecular weight excluding hydrogens is 316 g/mol. The van der Waals surface area contributed by atoms with E-state index in [0.717, 1.165) is 25.1 Å². The number of hydrogen-bond acceptors (Lipinski definition) is 4. The van der Waals surface area contributed by atoms with Crippen LogP contribution < -0.4 is 15.5 Å². The number of benzene rings is 1. The molecule has 0 saturated carbocycles. The van der Waals surface area contributed by atoms with E-state index in [1.807, 2.05) is 18.9 Å². The number of piperidine rings is 1. The number of carbonyl (C=O) groups is 2. The normalized spacial score (nSPS) is 14.4. The van der Waals surface area contributed by atoms with Crippen LogP contribution in [0.2, 0.25) is 0 Å². The van der Waals surface area contributed by atoms with E-state index in [1.165, 1.54) is 24.9 Å². The lowest BCUT2D eigenvalue weighted by Gasteiger charge is -2.29. The van der Waals surface area contributed by atoms with Crippen molar-refractivity contribution in [3.63, 3.8) is 0 Å².